The average Bonchev–Trinajstić information content (AvgIpc) is 2.78. The van der Waals surface area contributed by atoms with Gasteiger partial charge in [-0.15, -0.1) is 0 Å². The van der Waals surface area contributed by atoms with Crippen LogP contribution in [0.5, 0.6) is 0 Å². The Bertz CT molecular complexity index is 552. The van der Waals surface area contributed by atoms with E-state index in [1.807, 2.05) is 24.3 Å². The largest absolute Gasteiger partial charge is 0.437 e. The van der Waals surface area contributed by atoms with Crippen molar-refractivity contribution in [3.63, 3.8) is 0 Å². The highest BCUT2D eigenvalue weighted by atomic mass is 16.3. The summed E-state index contributed by atoms with van der Waals surface area (Å²) in [6.07, 6.45) is 4.01. The van der Waals surface area contributed by atoms with Crippen molar-refractivity contribution in [2.24, 2.45) is 5.92 Å². The van der Waals surface area contributed by atoms with E-state index in [0.29, 0.717) is 18.4 Å². The van der Waals surface area contributed by atoms with E-state index in [0.717, 1.165) is 17.5 Å². The highest BCUT2D eigenvalue weighted by molar-refractivity contribution is 5.91. The van der Waals surface area contributed by atoms with Crippen LogP contribution < -0.4 is 5.32 Å². The Morgan fingerprint density at radius 1 is 1.42 bits per heavy atom. The van der Waals surface area contributed by atoms with Gasteiger partial charge in [0.15, 0.2) is 5.58 Å². The molecule has 0 aliphatic carbocycles. The van der Waals surface area contributed by atoms with E-state index in [-0.39, 0.29) is 5.91 Å². The molecule has 0 aliphatic heterocycles. The van der Waals surface area contributed by atoms with Crippen LogP contribution in [0.4, 0.5) is 0 Å². The summed E-state index contributed by atoms with van der Waals surface area (Å²) in [7, 11) is 0. The molecule has 2 aromatic rings. The molecule has 0 bridgehead atoms. The summed E-state index contributed by atoms with van der Waals surface area (Å²) in [5, 5.41) is 2.82. The molecule has 19 heavy (non-hydrogen) atoms. The smallest absolute Gasteiger partial charge is 0.244 e. The molecule has 1 heterocycles. The van der Waals surface area contributed by atoms with Gasteiger partial charge in [-0.2, -0.15) is 0 Å². The molecule has 1 N–H and O–H groups in total. The minimum absolute atomic E-state index is 0.122. The van der Waals surface area contributed by atoms with Crippen molar-refractivity contribution in [2.75, 3.05) is 6.54 Å². The number of hydrogen-bond acceptors (Lipinski definition) is 3. The Balaban J connectivity index is 1.92. The number of rotatable bonds is 5. The van der Waals surface area contributed by atoms with Gasteiger partial charge in [-0.1, -0.05) is 26.0 Å². The fraction of sp³-hybridized carbons (Fsp3) is 0.333. The minimum atomic E-state index is -0.122. The van der Waals surface area contributed by atoms with E-state index in [1.165, 1.54) is 6.08 Å². The van der Waals surface area contributed by atoms with Gasteiger partial charge in [0, 0.05) is 18.7 Å². The zero-order valence-corrected chi connectivity index (χ0v) is 11.2. The molecule has 0 spiro atoms. The maximum absolute atomic E-state index is 11.5. The molecule has 1 aromatic carbocycles. The zero-order valence-electron chi connectivity index (χ0n) is 11.2. The molecule has 1 aromatic heterocycles. The number of benzene rings is 1. The van der Waals surface area contributed by atoms with Gasteiger partial charge in [0.1, 0.15) is 5.52 Å². The third-order valence-electron chi connectivity index (χ3n) is 2.71. The molecular weight excluding hydrogens is 240 g/mol. The van der Waals surface area contributed by atoms with Gasteiger partial charge in [-0.05, 0) is 24.5 Å². The monoisotopic (exact) mass is 258 g/mol. The van der Waals surface area contributed by atoms with Crippen LogP contribution >= 0.6 is 0 Å². The molecular formula is C15H18N2O2. The summed E-state index contributed by atoms with van der Waals surface area (Å²) < 4.78 is 5.48. The first kappa shape index (κ1) is 13.3. The van der Waals surface area contributed by atoms with Crippen molar-refractivity contribution in [3.05, 3.63) is 36.2 Å². The topological polar surface area (TPSA) is 55.1 Å². The Labute approximate surface area is 112 Å². The Kier molecular flexibility index (Phi) is 4.34. The van der Waals surface area contributed by atoms with Crippen molar-refractivity contribution in [2.45, 2.75) is 20.3 Å². The summed E-state index contributed by atoms with van der Waals surface area (Å²) in [4.78, 5) is 15.8. The molecule has 4 nitrogen and oxygen atoms in total. The number of nitrogens with zero attached hydrogens (tertiary/aromatic N) is 1. The second-order valence-corrected chi connectivity index (χ2v) is 4.83. The normalized spacial score (nSPS) is 11.5. The number of carbonyl (C=O) groups excluding carboxylic acids is 1. The van der Waals surface area contributed by atoms with E-state index >= 15 is 0 Å². The van der Waals surface area contributed by atoms with E-state index < -0.39 is 0 Å². The van der Waals surface area contributed by atoms with Crippen LogP contribution in [-0.2, 0) is 4.79 Å². The summed E-state index contributed by atoms with van der Waals surface area (Å²) in [6.45, 7) is 4.94. The van der Waals surface area contributed by atoms with Crippen LogP contribution in [-0.4, -0.2) is 17.4 Å². The first-order chi connectivity index (χ1) is 9.15. The van der Waals surface area contributed by atoms with Crippen molar-refractivity contribution >= 4 is 23.1 Å². The Morgan fingerprint density at radius 2 is 2.21 bits per heavy atom. The lowest BCUT2D eigenvalue weighted by Gasteiger charge is -2.04. The predicted molar refractivity (Wildman–Crippen MR) is 75.5 cm³/mol. The first-order valence-corrected chi connectivity index (χ1v) is 6.46. The number of aromatic nitrogens is 1. The Morgan fingerprint density at radius 3 is 2.95 bits per heavy atom. The lowest BCUT2D eigenvalue weighted by Crippen LogP contribution is -2.23. The Hall–Kier alpha value is -2.10. The second-order valence-electron chi connectivity index (χ2n) is 4.83. The lowest BCUT2D eigenvalue weighted by atomic mass is 10.1. The summed E-state index contributed by atoms with van der Waals surface area (Å²) in [6, 6.07) is 7.51. The first-order valence-electron chi connectivity index (χ1n) is 6.46. The maximum atomic E-state index is 11.5. The number of carbonyl (C=O) groups is 1. The molecule has 0 aliphatic rings. The van der Waals surface area contributed by atoms with E-state index in [4.69, 9.17) is 4.42 Å². The molecule has 1 amide bonds. The number of para-hydroxylation sites is 2. The lowest BCUT2D eigenvalue weighted by molar-refractivity contribution is -0.116. The van der Waals surface area contributed by atoms with Crippen LogP contribution in [0.1, 0.15) is 26.2 Å². The van der Waals surface area contributed by atoms with Gasteiger partial charge in [-0.25, -0.2) is 4.98 Å². The number of oxazole rings is 1. The van der Waals surface area contributed by atoms with Crippen molar-refractivity contribution in [3.8, 4) is 0 Å². The van der Waals surface area contributed by atoms with Crippen LogP contribution in [0, 0.1) is 5.92 Å². The van der Waals surface area contributed by atoms with Gasteiger partial charge >= 0.3 is 0 Å². The van der Waals surface area contributed by atoms with E-state index in [2.05, 4.69) is 24.1 Å². The van der Waals surface area contributed by atoms with Crippen molar-refractivity contribution in [1.29, 1.82) is 0 Å². The molecule has 0 unspecified atom stereocenters. The zero-order chi connectivity index (χ0) is 13.7. The molecule has 0 fully saturated rings. The standard InChI is InChI=1S/C15H18N2O2/c1-11(2)9-10-16-14(18)7-8-15-17-12-5-3-4-6-13(12)19-15/h3-8,11H,9-10H2,1-2H3,(H,16,18)/b8-7+. The molecule has 100 valence electrons. The SMILES string of the molecule is CC(C)CCNC(=O)/C=C/c1nc2ccccc2o1. The van der Waals surface area contributed by atoms with Gasteiger partial charge in [-0.3, -0.25) is 4.79 Å². The van der Waals surface area contributed by atoms with Crippen LogP contribution in [0.25, 0.3) is 17.2 Å². The fourth-order valence-electron chi connectivity index (χ4n) is 1.65. The number of amides is 1. The number of hydrogen-bond donors (Lipinski definition) is 1. The van der Waals surface area contributed by atoms with Crippen LogP contribution in [0.15, 0.2) is 34.8 Å². The number of nitrogens with one attached hydrogen (secondary N) is 1. The average molecular weight is 258 g/mol. The summed E-state index contributed by atoms with van der Waals surface area (Å²) in [5.41, 5.74) is 1.52. The third kappa shape index (κ3) is 3.95. The quantitative estimate of drug-likeness (QED) is 0.839. The second kappa shape index (κ2) is 6.18. The fourth-order valence-corrected chi connectivity index (χ4v) is 1.65. The van der Waals surface area contributed by atoms with Gasteiger partial charge in [0.25, 0.3) is 0 Å². The summed E-state index contributed by atoms with van der Waals surface area (Å²) >= 11 is 0. The highest BCUT2D eigenvalue weighted by Crippen LogP contribution is 2.15. The third-order valence-corrected chi connectivity index (χ3v) is 2.71. The van der Waals surface area contributed by atoms with Gasteiger partial charge in [0.05, 0.1) is 0 Å². The van der Waals surface area contributed by atoms with E-state index in [9.17, 15) is 4.79 Å². The maximum Gasteiger partial charge on any atom is 0.244 e. The summed E-state index contributed by atoms with van der Waals surface area (Å²) in [5.74, 6) is 0.907. The minimum Gasteiger partial charge on any atom is -0.437 e. The van der Waals surface area contributed by atoms with Crippen molar-refractivity contribution in [1.82, 2.24) is 10.3 Å². The van der Waals surface area contributed by atoms with Gasteiger partial charge in [0.2, 0.25) is 11.8 Å². The number of fused-ring (bicyclic) bond motifs is 1. The van der Waals surface area contributed by atoms with Gasteiger partial charge < -0.3 is 9.73 Å². The molecule has 0 saturated carbocycles. The molecule has 2 rings (SSSR count). The van der Waals surface area contributed by atoms with E-state index in [1.54, 1.807) is 6.08 Å². The van der Waals surface area contributed by atoms with Crippen molar-refractivity contribution < 1.29 is 9.21 Å². The van der Waals surface area contributed by atoms with Crippen LogP contribution in [0.3, 0.4) is 0 Å². The molecule has 0 radical (unpaired) electrons. The van der Waals surface area contributed by atoms with Crippen LogP contribution in [0.2, 0.25) is 0 Å². The molecule has 0 saturated heterocycles. The molecule has 4 heteroatoms. The predicted octanol–water partition coefficient (Wildman–Crippen LogP) is 3.00. The highest BCUT2D eigenvalue weighted by Gasteiger charge is 2.02. The molecule has 0 atom stereocenters.